The first kappa shape index (κ1) is 15.1. The average molecular weight is 304 g/mol. The van der Waals surface area contributed by atoms with Crippen LogP contribution in [-0.2, 0) is 14.6 Å². The zero-order valence-electron chi connectivity index (χ0n) is 11.5. The molecule has 0 heterocycles. The molecule has 0 bridgehead atoms. The maximum absolute atomic E-state index is 12.3. The number of benzene rings is 2. The SMILES string of the molecule is Cc1cccc(S(=O)(=O)CC(=O)Nc2ccccc2)c1N. The molecule has 0 fully saturated rings. The number of aryl methyl sites for hydroxylation is 1. The number of sulfone groups is 1. The normalized spacial score (nSPS) is 11.1. The fraction of sp³-hybridized carbons (Fsp3) is 0.133. The van der Waals surface area contributed by atoms with E-state index in [9.17, 15) is 13.2 Å². The molecule has 1 amide bonds. The first-order chi connectivity index (χ1) is 9.90. The lowest BCUT2D eigenvalue weighted by Gasteiger charge is -2.10. The van der Waals surface area contributed by atoms with Crippen LogP contribution in [0.2, 0.25) is 0 Å². The summed E-state index contributed by atoms with van der Waals surface area (Å²) >= 11 is 0. The summed E-state index contributed by atoms with van der Waals surface area (Å²) in [6, 6.07) is 13.4. The van der Waals surface area contributed by atoms with Gasteiger partial charge in [0.05, 0.1) is 10.6 Å². The molecule has 0 spiro atoms. The maximum atomic E-state index is 12.3. The lowest BCUT2D eigenvalue weighted by Crippen LogP contribution is -2.23. The first-order valence-corrected chi connectivity index (χ1v) is 7.98. The second-order valence-corrected chi connectivity index (χ2v) is 6.62. The number of nitrogens with one attached hydrogen (secondary N) is 1. The first-order valence-electron chi connectivity index (χ1n) is 6.33. The number of rotatable bonds is 4. The van der Waals surface area contributed by atoms with Crippen molar-refractivity contribution in [1.82, 2.24) is 0 Å². The molecule has 2 rings (SSSR count). The quantitative estimate of drug-likeness (QED) is 0.845. The van der Waals surface area contributed by atoms with Crippen LogP contribution >= 0.6 is 0 Å². The highest BCUT2D eigenvalue weighted by Crippen LogP contribution is 2.22. The van der Waals surface area contributed by atoms with E-state index in [0.717, 1.165) is 0 Å². The van der Waals surface area contributed by atoms with Crippen LogP contribution in [0.5, 0.6) is 0 Å². The number of hydrogen-bond acceptors (Lipinski definition) is 4. The van der Waals surface area contributed by atoms with E-state index in [1.165, 1.54) is 6.07 Å². The van der Waals surface area contributed by atoms with E-state index in [0.29, 0.717) is 11.3 Å². The molecule has 6 heteroatoms. The molecule has 0 aliphatic heterocycles. The van der Waals surface area contributed by atoms with Gasteiger partial charge in [0.1, 0.15) is 5.75 Å². The van der Waals surface area contributed by atoms with E-state index in [1.54, 1.807) is 49.4 Å². The molecule has 110 valence electrons. The Hall–Kier alpha value is -2.34. The van der Waals surface area contributed by atoms with E-state index >= 15 is 0 Å². The molecule has 3 N–H and O–H groups in total. The van der Waals surface area contributed by atoms with Gasteiger partial charge in [-0.05, 0) is 30.7 Å². The molecule has 0 aromatic heterocycles. The molecule has 0 atom stereocenters. The Morgan fingerprint density at radius 1 is 1.10 bits per heavy atom. The average Bonchev–Trinajstić information content (AvgIpc) is 2.42. The summed E-state index contributed by atoms with van der Waals surface area (Å²) in [6.07, 6.45) is 0. The molecule has 0 unspecified atom stereocenters. The van der Waals surface area contributed by atoms with Crippen LogP contribution in [0.4, 0.5) is 11.4 Å². The van der Waals surface area contributed by atoms with Crippen molar-refractivity contribution in [1.29, 1.82) is 0 Å². The highest BCUT2D eigenvalue weighted by molar-refractivity contribution is 7.92. The molecule has 0 aliphatic rings. The van der Waals surface area contributed by atoms with Gasteiger partial charge in [-0.1, -0.05) is 30.3 Å². The van der Waals surface area contributed by atoms with Gasteiger partial charge in [0.25, 0.3) is 0 Å². The fourth-order valence-corrected chi connectivity index (χ4v) is 3.25. The van der Waals surface area contributed by atoms with Gasteiger partial charge in [-0.3, -0.25) is 4.79 Å². The van der Waals surface area contributed by atoms with Crippen LogP contribution in [0.3, 0.4) is 0 Å². The van der Waals surface area contributed by atoms with Crippen LogP contribution in [0.1, 0.15) is 5.56 Å². The van der Waals surface area contributed by atoms with Gasteiger partial charge < -0.3 is 11.1 Å². The van der Waals surface area contributed by atoms with Crippen molar-refractivity contribution < 1.29 is 13.2 Å². The van der Waals surface area contributed by atoms with Crippen molar-refractivity contribution in [3.63, 3.8) is 0 Å². The number of anilines is 2. The van der Waals surface area contributed by atoms with Gasteiger partial charge in [-0.15, -0.1) is 0 Å². The van der Waals surface area contributed by atoms with Crippen molar-refractivity contribution >= 4 is 27.1 Å². The van der Waals surface area contributed by atoms with Crippen LogP contribution in [0.15, 0.2) is 53.4 Å². The third-order valence-corrected chi connectivity index (χ3v) is 4.67. The van der Waals surface area contributed by atoms with Gasteiger partial charge in [0.2, 0.25) is 5.91 Å². The molecule has 0 saturated carbocycles. The summed E-state index contributed by atoms with van der Waals surface area (Å²) in [5, 5.41) is 2.54. The summed E-state index contributed by atoms with van der Waals surface area (Å²) in [4.78, 5) is 11.9. The number of nitrogen functional groups attached to an aromatic ring is 1. The maximum Gasteiger partial charge on any atom is 0.239 e. The van der Waals surface area contributed by atoms with Gasteiger partial charge in [0.15, 0.2) is 9.84 Å². The standard InChI is InChI=1S/C15H16N2O3S/c1-11-6-5-9-13(15(11)16)21(19,20)10-14(18)17-12-7-3-2-4-8-12/h2-9H,10,16H2,1H3,(H,17,18). The van der Waals surface area contributed by atoms with Gasteiger partial charge in [0, 0.05) is 5.69 Å². The lowest BCUT2D eigenvalue weighted by molar-refractivity contribution is -0.113. The van der Waals surface area contributed by atoms with E-state index in [2.05, 4.69) is 5.32 Å². The molecule has 5 nitrogen and oxygen atoms in total. The Labute approximate surface area is 123 Å². The second-order valence-electron chi connectivity index (χ2n) is 4.66. The van der Waals surface area contributed by atoms with Crippen molar-refractivity contribution in [2.24, 2.45) is 0 Å². The third kappa shape index (κ3) is 3.61. The Morgan fingerprint density at radius 2 is 1.76 bits per heavy atom. The highest BCUT2D eigenvalue weighted by atomic mass is 32.2. The van der Waals surface area contributed by atoms with Gasteiger partial charge >= 0.3 is 0 Å². The van der Waals surface area contributed by atoms with Gasteiger partial charge in [-0.2, -0.15) is 0 Å². The molecular formula is C15H16N2O3S. The minimum atomic E-state index is -3.77. The summed E-state index contributed by atoms with van der Waals surface area (Å²) in [6.45, 7) is 1.72. The molecule has 0 aliphatic carbocycles. The Morgan fingerprint density at radius 3 is 2.43 bits per heavy atom. The summed E-state index contributed by atoms with van der Waals surface area (Å²) in [5.74, 6) is -1.24. The third-order valence-electron chi connectivity index (χ3n) is 3.00. The van der Waals surface area contributed by atoms with Crippen LogP contribution in [0, 0.1) is 6.92 Å². The highest BCUT2D eigenvalue weighted by Gasteiger charge is 2.22. The topological polar surface area (TPSA) is 89.3 Å². The monoisotopic (exact) mass is 304 g/mol. The summed E-state index contributed by atoms with van der Waals surface area (Å²) in [7, 11) is -3.77. The Bertz CT molecular complexity index is 756. The summed E-state index contributed by atoms with van der Waals surface area (Å²) < 4.78 is 24.5. The van der Waals surface area contributed by atoms with Crippen LogP contribution in [-0.4, -0.2) is 20.1 Å². The fourth-order valence-electron chi connectivity index (χ4n) is 1.89. The summed E-state index contributed by atoms with van der Waals surface area (Å²) in [5.41, 5.74) is 7.19. The number of hydrogen-bond donors (Lipinski definition) is 2. The molecule has 2 aromatic rings. The number of para-hydroxylation sites is 2. The molecule has 21 heavy (non-hydrogen) atoms. The second kappa shape index (κ2) is 5.97. The smallest absolute Gasteiger partial charge is 0.239 e. The van der Waals surface area contributed by atoms with E-state index in [4.69, 9.17) is 5.73 Å². The lowest BCUT2D eigenvalue weighted by atomic mass is 10.2. The molecular weight excluding hydrogens is 288 g/mol. The number of nitrogens with two attached hydrogens (primary N) is 1. The van der Waals surface area contributed by atoms with E-state index < -0.39 is 21.5 Å². The van der Waals surface area contributed by atoms with Crippen LogP contribution in [0.25, 0.3) is 0 Å². The van der Waals surface area contributed by atoms with Gasteiger partial charge in [-0.25, -0.2) is 8.42 Å². The van der Waals surface area contributed by atoms with Crippen LogP contribution < -0.4 is 11.1 Å². The van der Waals surface area contributed by atoms with Crippen molar-refractivity contribution in [2.75, 3.05) is 16.8 Å². The molecule has 0 radical (unpaired) electrons. The van der Waals surface area contributed by atoms with Crippen molar-refractivity contribution in [3.8, 4) is 0 Å². The van der Waals surface area contributed by atoms with E-state index in [-0.39, 0.29) is 10.6 Å². The predicted octanol–water partition coefficient (Wildman–Crippen LogP) is 1.99. The number of carbonyl (C=O) groups excluding carboxylic acids is 1. The number of carbonyl (C=O) groups is 1. The zero-order chi connectivity index (χ0) is 15.5. The number of amides is 1. The van der Waals surface area contributed by atoms with Crippen molar-refractivity contribution in [2.45, 2.75) is 11.8 Å². The van der Waals surface area contributed by atoms with Crippen molar-refractivity contribution in [3.05, 3.63) is 54.1 Å². The minimum absolute atomic E-state index is 0.00860. The molecule has 0 saturated heterocycles. The Kier molecular flexibility index (Phi) is 4.28. The Balaban J connectivity index is 2.18. The zero-order valence-corrected chi connectivity index (χ0v) is 12.4. The largest absolute Gasteiger partial charge is 0.397 e. The minimum Gasteiger partial charge on any atom is -0.397 e. The predicted molar refractivity (Wildman–Crippen MR) is 82.7 cm³/mol. The van der Waals surface area contributed by atoms with E-state index in [1.807, 2.05) is 0 Å². The molecule has 2 aromatic carbocycles.